The highest BCUT2D eigenvalue weighted by Crippen LogP contribution is 2.20. The van der Waals surface area contributed by atoms with E-state index in [-0.39, 0.29) is 5.78 Å². The zero-order chi connectivity index (χ0) is 13.8. The summed E-state index contributed by atoms with van der Waals surface area (Å²) in [6.45, 7) is 2.14. The van der Waals surface area contributed by atoms with E-state index in [1.807, 2.05) is 19.2 Å². The lowest BCUT2D eigenvalue weighted by Gasteiger charge is -1.95. The van der Waals surface area contributed by atoms with Crippen molar-refractivity contribution in [3.8, 4) is 0 Å². The number of rotatable bonds is 5. The number of allylic oxidation sites excluding steroid dienone is 1. The van der Waals surface area contributed by atoms with Gasteiger partial charge in [-0.25, -0.2) is 0 Å². The first-order valence-corrected chi connectivity index (χ1v) is 7.71. The number of ketones is 1. The number of nitrogens with zero attached hydrogens (tertiary/aromatic N) is 2. The third-order valence-electron chi connectivity index (χ3n) is 2.73. The lowest BCUT2D eigenvalue weighted by Crippen LogP contribution is -1.94. The van der Waals surface area contributed by atoms with Gasteiger partial charge in [-0.1, -0.05) is 13.3 Å². The molecule has 2 aromatic heterocycles. The fraction of sp³-hybridized carbons (Fsp3) is 0.286. The van der Waals surface area contributed by atoms with Gasteiger partial charge in [0.05, 0.1) is 21.2 Å². The summed E-state index contributed by atoms with van der Waals surface area (Å²) in [6.07, 6.45) is 7.25. The SMILES string of the molecule is CCCc1ccc(C(=O)/C=C/c2c(Br)cnn2C)s1. The fourth-order valence-corrected chi connectivity index (χ4v) is 3.25. The standard InChI is InChI=1S/C14H15BrN2OS/c1-3-4-10-5-8-14(19-10)13(18)7-6-12-11(15)9-16-17(12)2/h5-9H,3-4H2,1-2H3/b7-6+. The summed E-state index contributed by atoms with van der Waals surface area (Å²) in [6, 6.07) is 3.94. The molecular formula is C14H15BrN2OS. The molecule has 100 valence electrons. The molecule has 0 bridgehead atoms. The zero-order valence-electron chi connectivity index (χ0n) is 10.9. The molecule has 0 saturated heterocycles. The minimum absolute atomic E-state index is 0.0421. The molecule has 5 heteroatoms. The fourth-order valence-electron chi connectivity index (χ4n) is 1.74. The van der Waals surface area contributed by atoms with Crippen molar-refractivity contribution in [3.05, 3.63) is 44.3 Å². The molecule has 2 aromatic rings. The van der Waals surface area contributed by atoms with Crippen LogP contribution in [-0.4, -0.2) is 15.6 Å². The molecule has 0 saturated carbocycles. The van der Waals surface area contributed by atoms with Crippen LogP contribution in [0.4, 0.5) is 0 Å². The Morgan fingerprint density at radius 3 is 2.95 bits per heavy atom. The van der Waals surface area contributed by atoms with Crippen molar-refractivity contribution >= 4 is 39.1 Å². The summed E-state index contributed by atoms with van der Waals surface area (Å²) in [7, 11) is 1.85. The van der Waals surface area contributed by atoms with Gasteiger partial charge in [0.15, 0.2) is 5.78 Å². The van der Waals surface area contributed by atoms with E-state index >= 15 is 0 Å². The average Bonchev–Trinajstić information content (AvgIpc) is 2.96. The van der Waals surface area contributed by atoms with Gasteiger partial charge >= 0.3 is 0 Å². The quantitative estimate of drug-likeness (QED) is 0.607. The first kappa shape index (κ1) is 14.2. The van der Waals surface area contributed by atoms with E-state index in [1.54, 1.807) is 34.4 Å². The first-order valence-electron chi connectivity index (χ1n) is 6.10. The number of hydrogen-bond acceptors (Lipinski definition) is 3. The number of aromatic nitrogens is 2. The van der Waals surface area contributed by atoms with Crippen molar-refractivity contribution in [2.75, 3.05) is 0 Å². The van der Waals surface area contributed by atoms with Gasteiger partial charge in [0.2, 0.25) is 0 Å². The zero-order valence-corrected chi connectivity index (χ0v) is 13.3. The van der Waals surface area contributed by atoms with Crippen LogP contribution in [0.2, 0.25) is 0 Å². The van der Waals surface area contributed by atoms with E-state index in [2.05, 4.69) is 28.0 Å². The molecule has 0 N–H and O–H groups in total. The van der Waals surface area contributed by atoms with Crippen molar-refractivity contribution in [2.45, 2.75) is 19.8 Å². The average molecular weight is 339 g/mol. The molecule has 0 amide bonds. The van der Waals surface area contributed by atoms with Crippen molar-refractivity contribution in [3.63, 3.8) is 0 Å². The number of carbonyl (C=O) groups is 1. The first-order chi connectivity index (χ1) is 9.11. The summed E-state index contributed by atoms with van der Waals surface area (Å²) in [5, 5.41) is 4.11. The van der Waals surface area contributed by atoms with Crippen LogP contribution in [0.5, 0.6) is 0 Å². The summed E-state index contributed by atoms with van der Waals surface area (Å²) in [4.78, 5) is 14.1. The van der Waals surface area contributed by atoms with Crippen LogP contribution in [0.15, 0.2) is 28.9 Å². The van der Waals surface area contributed by atoms with Crippen LogP contribution in [0.25, 0.3) is 6.08 Å². The monoisotopic (exact) mass is 338 g/mol. The van der Waals surface area contributed by atoms with Gasteiger partial charge in [-0.05, 0) is 46.6 Å². The second kappa shape index (κ2) is 6.30. The largest absolute Gasteiger partial charge is 0.288 e. The van der Waals surface area contributed by atoms with E-state index in [0.717, 1.165) is 27.9 Å². The van der Waals surface area contributed by atoms with Crippen molar-refractivity contribution in [1.29, 1.82) is 0 Å². The Kier molecular flexibility index (Phi) is 4.71. The van der Waals surface area contributed by atoms with E-state index < -0.39 is 0 Å². The number of aryl methyl sites for hydroxylation is 2. The molecule has 0 aliphatic heterocycles. The molecule has 0 radical (unpaired) electrons. The maximum Gasteiger partial charge on any atom is 0.195 e. The Balaban J connectivity index is 2.12. The summed E-state index contributed by atoms with van der Waals surface area (Å²) >= 11 is 4.98. The van der Waals surface area contributed by atoms with Crippen LogP contribution in [-0.2, 0) is 13.5 Å². The maximum absolute atomic E-state index is 12.1. The van der Waals surface area contributed by atoms with E-state index in [0.29, 0.717) is 0 Å². The van der Waals surface area contributed by atoms with Crippen LogP contribution in [0.1, 0.15) is 33.6 Å². The van der Waals surface area contributed by atoms with Gasteiger partial charge in [0.25, 0.3) is 0 Å². The Hall–Kier alpha value is -1.20. The van der Waals surface area contributed by atoms with Crippen LogP contribution in [0, 0.1) is 0 Å². The lowest BCUT2D eigenvalue weighted by molar-refractivity contribution is 0.105. The molecule has 2 rings (SSSR count). The third kappa shape index (κ3) is 3.42. The minimum atomic E-state index is 0.0421. The van der Waals surface area contributed by atoms with Crippen LogP contribution >= 0.6 is 27.3 Å². The molecule has 0 aliphatic rings. The molecule has 0 unspecified atom stereocenters. The van der Waals surface area contributed by atoms with Gasteiger partial charge in [-0.3, -0.25) is 9.48 Å². The molecule has 3 nitrogen and oxygen atoms in total. The molecule has 19 heavy (non-hydrogen) atoms. The molecule has 0 aromatic carbocycles. The molecule has 0 aliphatic carbocycles. The van der Waals surface area contributed by atoms with Gasteiger partial charge in [-0.2, -0.15) is 5.10 Å². The van der Waals surface area contributed by atoms with Crippen LogP contribution < -0.4 is 0 Å². The molecule has 0 atom stereocenters. The summed E-state index contributed by atoms with van der Waals surface area (Å²) in [5.74, 6) is 0.0421. The highest BCUT2D eigenvalue weighted by atomic mass is 79.9. The molecule has 2 heterocycles. The summed E-state index contributed by atoms with van der Waals surface area (Å²) < 4.78 is 2.61. The second-order valence-corrected chi connectivity index (χ2v) is 6.24. The summed E-state index contributed by atoms with van der Waals surface area (Å²) in [5.41, 5.74) is 0.888. The van der Waals surface area contributed by atoms with E-state index in [9.17, 15) is 4.79 Å². The van der Waals surface area contributed by atoms with Gasteiger partial charge in [0, 0.05) is 11.9 Å². The Morgan fingerprint density at radius 1 is 1.53 bits per heavy atom. The normalized spacial score (nSPS) is 11.3. The smallest absolute Gasteiger partial charge is 0.195 e. The number of halogens is 1. The van der Waals surface area contributed by atoms with Gasteiger partial charge < -0.3 is 0 Å². The van der Waals surface area contributed by atoms with E-state index in [1.165, 1.54) is 4.88 Å². The van der Waals surface area contributed by atoms with Crippen molar-refractivity contribution < 1.29 is 4.79 Å². The topological polar surface area (TPSA) is 34.9 Å². The Labute approximate surface area is 125 Å². The predicted molar refractivity (Wildman–Crippen MR) is 82.6 cm³/mol. The van der Waals surface area contributed by atoms with Crippen molar-refractivity contribution in [1.82, 2.24) is 9.78 Å². The number of hydrogen-bond donors (Lipinski definition) is 0. The van der Waals surface area contributed by atoms with Crippen molar-refractivity contribution in [2.24, 2.45) is 7.05 Å². The highest BCUT2D eigenvalue weighted by Gasteiger charge is 2.07. The molecule has 0 fully saturated rings. The molecule has 0 spiro atoms. The maximum atomic E-state index is 12.1. The number of thiophene rings is 1. The Bertz CT molecular complexity index is 593. The third-order valence-corrected chi connectivity index (χ3v) is 4.50. The number of carbonyl (C=O) groups excluding carboxylic acids is 1. The minimum Gasteiger partial charge on any atom is -0.288 e. The van der Waals surface area contributed by atoms with Gasteiger partial charge in [0.1, 0.15) is 0 Å². The Morgan fingerprint density at radius 2 is 2.32 bits per heavy atom. The van der Waals surface area contributed by atoms with Crippen LogP contribution in [0.3, 0.4) is 0 Å². The predicted octanol–water partition coefficient (Wildman–Crippen LogP) is 4.09. The lowest BCUT2D eigenvalue weighted by atomic mass is 10.2. The van der Waals surface area contributed by atoms with Gasteiger partial charge in [-0.15, -0.1) is 11.3 Å². The highest BCUT2D eigenvalue weighted by molar-refractivity contribution is 9.10. The molecular weight excluding hydrogens is 324 g/mol. The van der Waals surface area contributed by atoms with E-state index in [4.69, 9.17) is 0 Å². The second-order valence-electron chi connectivity index (χ2n) is 4.21.